The van der Waals surface area contributed by atoms with E-state index in [4.69, 9.17) is 0 Å². The van der Waals surface area contributed by atoms with Crippen LogP contribution in [0.4, 0.5) is 10.1 Å². The highest BCUT2D eigenvalue weighted by atomic mass is 19.1. The smallest absolute Gasteiger partial charge is 0.170 e. The van der Waals surface area contributed by atoms with Crippen LogP contribution in [0.25, 0.3) is 6.08 Å². The van der Waals surface area contributed by atoms with Gasteiger partial charge in [-0.1, -0.05) is 43.5 Å². The van der Waals surface area contributed by atoms with E-state index in [1.54, 1.807) is 13.1 Å². The predicted octanol–water partition coefficient (Wildman–Crippen LogP) is 4.95. The highest BCUT2D eigenvalue weighted by Gasteiger charge is 2.27. The lowest BCUT2D eigenvalue weighted by molar-refractivity contribution is -0.120. The minimum atomic E-state index is -0.387. The number of nitrogens with zero attached hydrogens (tertiary/aromatic N) is 1. The average molecular weight is 435 g/mol. The van der Waals surface area contributed by atoms with Crippen molar-refractivity contribution >= 4 is 23.3 Å². The third kappa shape index (κ3) is 4.83. The summed E-state index contributed by atoms with van der Waals surface area (Å²) in [5.74, 6) is -0.798. The first-order valence-electron chi connectivity index (χ1n) is 11.5. The average Bonchev–Trinajstić information content (AvgIpc) is 2.80. The van der Waals surface area contributed by atoms with E-state index in [0.717, 1.165) is 23.2 Å². The van der Waals surface area contributed by atoms with Crippen LogP contribution in [0.5, 0.6) is 0 Å². The van der Waals surface area contributed by atoms with Gasteiger partial charge in [-0.3, -0.25) is 14.5 Å². The molecule has 0 aromatic heterocycles. The lowest BCUT2D eigenvalue weighted by atomic mass is 9.86. The van der Waals surface area contributed by atoms with Gasteiger partial charge in [0.05, 0.1) is 5.57 Å². The van der Waals surface area contributed by atoms with Crippen molar-refractivity contribution in [2.45, 2.75) is 57.5 Å². The van der Waals surface area contributed by atoms with Crippen LogP contribution in [0.1, 0.15) is 54.4 Å². The predicted molar refractivity (Wildman–Crippen MR) is 126 cm³/mol. The Balaban J connectivity index is 1.54. The first-order valence-corrected chi connectivity index (χ1v) is 11.5. The molecule has 0 radical (unpaired) electrons. The summed E-state index contributed by atoms with van der Waals surface area (Å²) in [6.07, 6.45) is 8.18. The van der Waals surface area contributed by atoms with Crippen LogP contribution in [0.2, 0.25) is 0 Å². The Hall–Kier alpha value is -2.79. The summed E-state index contributed by atoms with van der Waals surface area (Å²) in [4.78, 5) is 28.3. The number of hydrogen-bond donors (Lipinski definition) is 1. The SMILES string of the molecule is CNc1cc(F)cc2c1CC(=O)C(C(=O)Cc1ccccc1CN(C)C1CCCCC1)=C2. The maximum atomic E-state index is 14.0. The molecule has 2 aliphatic rings. The summed E-state index contributed by atoms with van der Waals surface area (Å²) in [6.45, 7) is 0.792. The number of ketones is 2. The molecule has 1 saturated carbocycles. The summed E-state index contributed by atoms with van der Waals surface area (Å²) >= 11 is 0. The van der Waals surface area contributed by atoms with Crippen LogP contribution in [-0.4, -0.2) is 36.6 Å². The molecule has 0 unspecified atom stereocenters. The van der Waals surface area contributed by atoms with E-state index < -0.39 is 0 Å². The summed E-state index contributed by atoms with van der Waals surface area (Å²) in [5.41, 5.74) is 4.18. The maximum Gasteiger partial charge on any atom is 0.170 e. The quantitative estimate of drug-likeness (QED) is 0.627. The van der Waals surface area contributed by atoms with E-state index in [9.17, 15) is 14.0 Å². The van der Waals surface area contributed by atoms with Crippen molar-refractivity contribution < 1.29 is 14.0 Å². The third-order valence-corrected chi connectivity index (χ3v) is 6.84. The van der Waals surface area contributed by atoms with Crippen LogP contribution in [-0.2, 0) is 29.0 Å². The Labute approximate surface area is 189 Å². The van der Waals surface area contributed by atoms with Gasteiger partial charge in [-0.2, -0.15) is 0 Å². The zero-order valence-electron chi connectivity index (χ0n) is 18.9. The minimum Gasteiger partial charge on any atom is -0.388 e. The molecule has 1 fully saturated rings. The Bertz CT molecular complexity index is 1050. The van der Waals surface area contributed by atoms with E-state index in [-0.39, 0.29) is 35.8 Å². The molecular formula is C27H31FN2O2. The lowest BCUT2D eigenvalue weighted by Crippen LogP contribution is -2.33. The van der Waals surface area contributed by atoms with Gasteiger partial charge in [0.1, 0.15) is 5.82 Å². The number of halogens is 1. The molecule has 2 aromatic rings. The molecular weight excluding hydrogens is 403 g/mol. The molecule has 0 saturated heterocycles. The van der Waals surface area contributed by atoms with Crippen molar-refractivity contribution in [3.8, 4) is 0 Å². The number of rotatable bonds is 7. The molecule has 4 rings (SSSR count). The van der Waals surface area contributed by atoms with Crippen LogP contribution in [0, 0.1) is 5.82 Å². The van der Waals surface area contributed by atoms with E-state index in [0.29, 0.717) is 17.3 Å². The number of nitrogens with one attached hydrogen (secondary N) is 1. The molecule has 2 aromatic carbocycles. The van der Waals surface area contributed by atoms with Gasteiger partial charge < -0.3 is 5.32 Å². The van der Waals surface area contributed by atoms with Gasteiger partial charge in [-0.25, -0.2) is 4.39 Å². The number of allylic oxidation sites excluding steroid dienone is 1. The van der Waals surface area contributed by atoms with Crippen molar-refractivity contribution in [3.05, 3.63) is 70.0 Å². The number of carbonyl (C=O) groups is 2. The molecule has 4 nitrogen and oxygen atoms in total. The van der Waals surface area contributed by atoms with Gasteiger partial charge in [-0.05, 0) is 60.4 Å². The van der Waals surface area contributed by atoms with Crippen LogP contribution >= 0.6 is 0 Å². The van der Waals surface area contributed by atoms with Crippen molar-refractivity contribution in [2.24, 2.45) is 0 Å². The Morgan fingerprint density at radius 3 is 2.56 bits per heavy atom. The molecule has 0 bridgehead atoms. The van der Waals surface area contributed by atoms with Crippen molar-refractivity contribution in [2.75, 3.05) is 19.4 Å². The largest absolute Gasteiger partial charge is 0.388 e. The Kier molecular flexibility index (Phi) is 6.85. The number of hydrogen-bond acceptors (Lipinski definition) is 4. The van der Waals surface area contributed by atoms with Crippen molar-refractivity contribution in [1.29, 1.82) is 0 Å². The van der Waals surface area contributed by atoms with Crippen LogP contribution < -0.4 is 5.32 Å². The molecule has 0 atom stereocenters. The third-order valence-electron chi connectivity index (χ3n) is 6.84. The number of carbonyl (C=O) groups excluding carboxylic acids is 2. The maximum absolute atomic E-state index is 14.0. The van der Waals surface area contributed by atoms with Crippen molar-refractivity contribution in [3.63, 3.8) is 0 Å². The first-order chi connectivity index (χ1) is 15.5. The fraction of sp³-hybridized carbons (Fsp3) is 0.407. The fourth-order valence-electron chi connectivity index (χ4n) is 5.01. The zero-order valence-corrected chi connectivity index (χ0v) is 18.9. The molecule has 32 heavy (non-hydrogen) atoms. The van der Waals surface area contributed by atoms with E-state index in [1.807, 2.05) is 18.2 Å². The highest BCUT2D eigenvalue weighted by molar-refractivity contribution is 6.25. The van der Waals surface area contributed by atoms with Crippen LogP contribution in [0.15, 0.2) is 42.0 Å². The van der Waals surface area contributed by atoms with Crippen LogP contribution in [0.3, 0.4) is 0 Å². The minimum absolute atomic E-state index is 0.107. The van der Waals surface area contributed by atoms with Gasteiger partial charge in [0.2, 0.25) is 0 Å². The molecule has 0 aliphatic heterocycles. The second kappa shape index (κ2) is 9.78. The normalized spacial score (nSPS) is 16.6. The summed E-state index contributed by atoms with van der Waals surface area (Å²) in [6, 6.07) is 11.3. The Morgan fingerprint density at radius 2 is 1.84 bits per heavy atom. The number of anilines is 1. The fourth-order valence-corrected chi connectivity index (χ4v) is 5.01. The summed E-state index contributed by atoms with van der Waals surface area (Å²) < 4.78 is 14.0. The van der Waals surface area contributed by atoms with Gasteiger partial charge >= 0.3 is 0 Å². The van der Waals surface area contributed by atoms with Gasteiger partial charge in [0.15, 0.2) is 11.6 Å². The lowest BCUT2D eigenvalue weighted by Gasteiger charge is -2.31. The summed E-state index contributed by atoms with van der Waals surface area (Å²) in [7, 11) is 3.86. The number of benzene rings is 2. The van der Waals surface area contributed by atoms with E-state index in [1.165, 1.54) is 44.2 Å². The van der Waals surface area contributed by atoms with Gasteiger partial charge in [0, 0.05) is 38.2 Å². The first kappa shape index (κ1) is 22.4. The van der Waals surface area contributed by atoms with Gasteiger partial charge in [-0.15, -0.1) is 0 Å². The van der Waals surface area contributed by atoms with E-state index in [2.05, 4.69) is 23.3 Å². The second-order valence-electron chi connectivity index (χ2n) is 9.00. The molecule has 5 heteroatoms. The molecule has 0 amide bonds. The Morgan fingerprint density at radius 1 is 1.12 bits per heavy atom. The van der Waals surface area contributed by atoms with Crippen molar-refractivity contribution in [1.82, 2.24) is 4.90 Å². The molecule has 2 aliphatic carbocycles. The molecule has 0 heterocycles. The van der Waals surface area contributed by atoms with Gasteiger partial charge in [0.25, 0.3) is 0 Å². The monoisotopic (exact) mass is 434 g/mol. The number of fused-ring (bicyclic) bond motifs is 1. The standard InChI is InChI=1S/C27H31FN2O2/c1-29-25-15-21(28)12-20-13-24(27(32)16-23(20)25)26(31)14-18-8-6-7-9-19(18)17-30(2)22-10-4-3-5-11-22/h6-9,12-13,15,22,29H,3-5,10-11,14,16-17H2,1-2H3. The van der Waals surface area contributed by atoms with E-state index >= 15 is 0 Å². The molecule has 0 spiro atoms. The summed E-state index contributed by atoms with van der Waals surface area (Å²) in [5, 5.41) is 2.94. The topological polar surface area (TPSA) is 49.4 Å². The molecule has 1 N–H and O–H groups in total. The zero-order chi connectivity index (χ0) is 22.7. The molecule has 168 valence electrons. The number of Topliss-reactive ketones (excluding diaryl/α,β-unsaturated/α-hetero) is 2. The second-order valence-corrected chi connectivity index (χ2v) is 9.00. The highest BCUT2D eigenvalue weighted by Crippen LogP contribution is 2.30.